The van der Waals surface area contributed by atoms with Crippen molar-refractivity contribution < 1.29 is 19.1 Å². The summed E-state index contributed by atoms with van der Waals surface area (Å²) in [6, 6.07) is 14.4. The Balaban J connectivity index is 1.59. The molecular formula is C30H42N2O4. The summed E-state index contributed by atoms with van der Waals surface area (Å²) >= 11 is 0. The Labute approximate surface area is 216 Å². The van der Waals surface area contributed by atoms with Gasteiger partial charge in [-0.3, -0.25) is 9.59 Å². The van der Waals surface area contributed by atoms with E-state index in [-0.39, 0.29) is 23.9 Å². The Morgan fingerprint density at radius 3 is 1.56 bits per heavy atom. The van der Waals surface area contributed by atoms with Gasteiger partial charge in [0.2, 0.25) is 0 Å². The largest absolute Gasteiger partial charge is 0.494 e. The van der Waals surface area contributed by atoms with Gasteiger partial charge in [-0.1, -0.05) is 52.7 Å². The van der Waals surface area contributed by atoms with Gasteiger partial charge in [-0.2, -0.15) is 0 Å². The van der Waals surface area contributed by atoms with Gasteiger partial charge in [0.1, 0.15) is 11.5 Å². The van der Waals surface area contributed by atoms with Crippen LogP contribution in [0.1, 0.15) is 86.9 Å². The second-order valence-electron chi connectivity index (χ2n) is 10.6. The van der Waals surface area contributed by atoms with Crippen LogP contribution < -0.4 is 20.1 Å². The number of nitrogens with one attached hydrogen (secondary N) is 2. The molecule has 36 heavy (non-hydrogen) atoms. The van der Waals surface area contributed by atoms with Crippen LogP contribution in [0.3, 0.4) is 0 Å². The van der Waals surface area contributed by atoms with Crippen LogP contribution in [0.5, 0.6) is 11.5 Å². The molecule has 0 bridgehead atoms. The number of ether oxygens (including phenoxy) is 2. The van der Waals surface area contributed by atoms with Crippen LogP contribution in [0.25, 0.3) is 0 Å². The van der Waals surface area contributed by atoms with Gasteiger partial charge < -0.3 is 20.1 Å². The highest BCUT2D eigenvalue weighted by molar-refractivity contribution is 5.96. The van der Waals surface area contributed by atoms with Crippen molar-refractivity contribution in [1.29, 1.82) is 0 Å². The summed E-state index contributed by atoms with van der Waals surface area (Å²) in [6.07, 6.45) is 5.64. The fourth-order valence-electron chi connectivity index (χ4n) is 4.26. The van der Waals surface area contributed by atoms with Crippen molar-refractivity contribution in [3.05, 3.63) is 59.7 Å². The molecule has 2 aromatic carbocycles. The summed E-state index contributed by atoms with van der Waals surface area (Å²) in [7, 11) is 0. The molecule has 1 fully saturated rings. The fraction of sp³-hybridized carbons (Fsp3) is 0.533. The zero-order valence-corrected chi connectivity index (χ0v) is 22.2. The lowest BCUT2D eigenvalue weighted by Gasteiger charge is -2.33. The van der Waals surface area contributed by atoms with Crippen molar-refractivity contribution in [1.82, 2.24) is 10.6 Å². The maximum absolute atomic E-state index is 13.0. The van der Waals surface area contributed by atoms with Crippen LogP contribution in [0.2, 0.25) is 0 Å². The van der Waals surface area contributed by atoms with Gasteiger partial charge in [0.05, 0.1) is 13.2 Å². The average molecular weight is 495 g/mol. The van der Waals surface area contributed by atoms with E-state index in [0.717, 1.165) is 38.5 Å². The minimum atomic E-state index is -0.143. The third-order valence-corrected chi connectivity index (χ3v) is 6.52. The molecular weight excluding hydrogens is 452 g/mol. The van der Waals surface area contributed by atoms with Crippen molar-refractivity contribution in [3.8, 4) is 11.5 Å². The minimum Gasteiger partial charge on any atom is -0.494 e. The van der Waals surface area contributed by atoms with Crippen LogP contribution in [-0.4, -0.2) is 37.1 Å². The van der Waals surface area contributed by atoms with Gasteiger partial charge in [0.25, 0.3) is 11.8 Å². The van der Waals surface area contributed by atoms with Gasteiger partial charge in [-0.05, 0) is 73.9 Å². The molecule has 3 rings (SSSR count). The van der Waals surface area contributed by atoms with Gasteiger partial charge in [-0.25, -0.2) is 0 Å². The molecule has 0 spiro atoms. The van der Waals surface area contributed by atoms with Crippen molar-refractivity contribution >= 4 is 11.8 Å². The van der Waals surface area contributed by atoms with Crippen molar-refractivity contribution in [2.75, 3.05) is 13.2 Å². The monoisotopic (exact) mass is 494 g/mol. The number of amides is 2. The predicted molar refractivity (Wildman–Crippen MR) is 144 cm³/mol. The zero-order chi connectivity index (χ0) is 25.9. The van der Waals surface area contributed by atoms with Crippen molar-refractivity contribution in [3.63, 3.8) is 0 Å². The molecule has 2 amide bonds. The Kier molecular flexibility index (Phi) is 10.6. The number of carbonyl (C=O) groups is 2. The van der Waals surface area contributed by atoms with E-state index < -0.39 is 0 Å². The van der Waals surface area contributed by atoms with Crippen LogP contribution in [-0.2, 0) is 0 Å². The van der Waals surface area contributed by atoms with E-state index in [9.17, 15) is 9.59 Å². The summed E-state index contributed by atoms with van der Waals surface area (Å²) in [6.45, 7) is 9.89. The SMILES string of the molecule is CC(C)CCOc1cccc(C(=O)NC2CCCCC2NC(=O)c2cccc(OCCC(C)C)c2)c1. The molecule has 2 N–H and O–H groups in total. The smallest absolute Gasteiger partial charge is 0.251 e. The summed E-state index contributed by atoms with van der Waals surface area (Å²) < 4.78 is 11.6. The quantitative estimate of drug-likeness (QED) is 0.379. The lowest BCUT2D eigenvalue weighted by molar-refractivity contribution is 0.0862. The van der Waals surface area contributed by atoms with Crippen molar-refractivity contribution in [2.24, 2.45) is 11.8 Å². The van der Waals surface area contributed by atoms with Crippen LogP contribution in [0.15, 0.2) is 48.5 Å². The van der Waals surface area contributed by atoms with Gasteiger partial charge >= 0.3 is 0 Å². The van der Waals surface area contributed by atoms with E-state index in [1.54, 1.807) is 24.3 Å². The first-order valence-electron chi connectivity index (χ1n) is 13.4. The second kappa shape index (κ2) is 13.9. The zero-order valence-electron chi connectivity index (χ0n) is 22.2. The third-order valence-electron chi connectivity index (χ3n) is 6.52. The molecule has 1 aliphatic carbocycles. The molecule has 2 atom stereocenters. The first-order valence-corrected chi connectivity index (χ1v) is 13.4. The molecule has 196 valence electrons. The van der Waals surface area contributed by atoms with E-state index in [2.05, 4.69) is 38.3 Å². The lowest BCUT2D eigenvalue weighted by atomic mass is 9.89. The standard InChI is InChI=1S/C30H42N2O4/c1-21(2)15-17-35-25-11-7-9-23(19-25)29(33)31-27-13-5-6-14-28(27)32-30(34)24-10-8-12-26(20-24)36-18-16-22(3)4/h7-12,19-22,27-28H,5-6,13-18H2,1-4H3,(H,31,33)(H,32,34). The summed E-state index contributed by atoms with van der Waals surface area (Å²) in [5, 5.41) is 6.32. The summed E-state index contributed by atoms with van der Waals surface area (Å²) in [5.41, 5.74) is 1.14. The number of carbonyl (C=O) groups excluding carboxylic acids is 2. The van der Waals surface area contributed by atoms with Crippen LogP contribution in [0, 0.1) is 11.8 Å². The molecule has 2 aromatic rings. The molecule has 0 aromatic heterocycles. The topological polar surface area (TPSA) is 76.7 Å². The fourth-order valence-corrected chi connectivity index (χ4v) is 4.26. The Bertz CT molecular complexity index is 909. The molecule has 6 nitrogen and oxygen atoms in total. The van der Waals surface area contributed by atoms with Gasteiger partial charge in [0, 0.05) is 23.2 Å². The van der Waals surface area contributed by atoms with Gasteiger partial charge in [-0.15, -0.1) is 0 Å². The van der Waals surface area contributed by atoms with Crippen LogP contribution >= 0.6 is 0 Å². The number of hydrogen-bond acceptors (Lipinski definition) is 4. The lowest BCUT2D eigenvalue weighted by Crippen LogP contribution is -2.53. The molecule has 0 saturated heterocycles. The predicted octanol–water partition coefficient (Wildman–Crippen LogP) is 6.01. The number of benzene rings is 2. The molecule has 0 radical (unpaired) electrons. The molecule has 1 saturated carbocycles. The maximum Gasteiger partial charge on any atom is 0.251 e. The summed E-state index contributed by atoms with van der Waals surface area (Å²) in [5.74, 6) is 2.25. The number of rotatable bonds is 12. The molecule has 1 aliphatic rings. The average Bonchev–Trinajstić information content (AvgIpc) is 2.85. The van der Waals surface area contributed by atoms with Crippen molar-refractivity contribution in [2.45, 2.75) is 78.3 Å². The Morgan fingerprint density at radius 2 is 1.17 bits per heavy atom. The Morgan fingerprint density at radius 1 is 0.750 bits per heavy atom. The summed E-state index contributed by atoms with van der Waals surface area (Å²) in [4.78, 5) is 26.1. The van der Waals surface area contributed by atoms with E-state index in [1.807, 2.05) is 24.3 Å². The van der Waals surface area contributed by atoms with Gasteiger partial charge in [0.15, 0.2) is 0 Å². The molecule has 0 aliphatic heterocycles. The highest BCUT2D eigenvalue weighted by Crippen LogP contribution is 2.22. The molecule has 2 unspecified atom stereocenters. The maximum atomic E-state index is 13.0. The molecule has 0 heterocycles. The highest BCUT2D eigenvalue weighted by Gasteiger charge is 2.28. The highest BCUT2D eigenvalue weighted by atomic mass is 16.5. The van der Waals surface area contributed by atoms with E-state index in [4.69, 9.17) is 9.47 Å². The first-order chi connectivity index (χ1) is 17.3. The molecule has 6 heteroatoms. The minimum absolute atomic E-state index is 0.119. The first kappa shape index (κ1) is 27.6. The van der Waals surface area contributed by atoms with E-state index in [0.29, 0.717) is 47.7 Å². The van der Waals surface area contributed by atoms with E-state index >= 15 is 0 Å². The third kappa shape index (κ3) is 8.89. The van der Waals surface area contributed by atoms with Crippen LogP contribution in [0.4, 0.5) is 0 Å². The normalized spacial score (nSPS) is 17.6. The Hall–Kier alpha value is -3.02. The number of hydrogen-bond donors (Lipinski definition) is 2. The second-order valence-corrected chi connectivity index (χ2v) is 10.6. The van der Waals surface area contributed by atoms with E-state index in [1.165, 1.54) is 0 Å².